The quantitative estimate of drug-likeness (QED) is 0.701. The molecule has 0 saturated carbocycles. The Bertz CT molecular complexity index is 203. The topological polar surface area (TPSA) is 37.4 Å². The Balaban J connectivity index is 4.36. The zero-order chi connectivity index (χ0) is 9.07. The van der Waals surface area contributed by atoms with E-state index in [0.717, 1.165) is 6.42 Å². The van der Waals surface area contributed by atoms with Gasteiger partial charge in [0.2, 0.25) is 10.0 Å². The zero-order valence-corrected chi connectivity index (χ0v) is 9.44. The van der Waals surface area contributed by atoms with Gasteiger partial charge in [-0.2, -0.15) is 0 Å². The number of halogens is 1. The molecule has 0 fully saturated rings. The fourth-order valence-electron chi connectivity index (χ4n) is 0.608. The molecule has 0 amide bonds. The molecule has 0 radical (unpaired) electrons. The second-order valence-electron chi connectivity index (χ2n) is 2.49. The van der Waals surface area contributed by atoms with Crippen molar-refractivity contribution in [2.45, 2.75) is 26.3 Å². The van der Waals surface area contributed by atoms with Gasteiger partial charge in [-0.3, -0.25) is 0 Å². The van der Waals surface area contributed by atoms with Crippen molar-refractivity contribution in [3.8, 4) is 0 Å². The van der Waals surface area contributed by atoms with Crippen LogP contribution in [0.15, 0.2) is 0 Å². The molecule has 0 spiro atoms. The molecule has 0 heterocycles. The van der Waals surface area contributed by atoms with Crippen LogP contribution in [0.1, 0.15) is 20.3 Å². The molecule has 0 aliphatic heterocycles. The Kier molecular flexibility index (Phi) is 4.58. The third-order valence-electron chi connectivity index (χ3n) is 1.79. The van der Waals surface area contributed by atoms with E-state index in [0.29, 0.717) is 0 Å². The number of alkyl halides is 1. The monoisotopic (exact) mass is 243 g/mol. The van der Waals surface area contributed by atoms with Gasteiger partial charge in [0.05, 0.1) is 0 Å². The summed E-state index contributed by atoms with van der Waals surface area (Å²) < 4.78 is 23.7. The van der Waals surface area contributed by atoms with Crippen LogP contribution in [-0.2, 0) is 10.0 Å². The van der Waals surface area contributed by atoms with Gasteiger partial charge in [-0.25, -0.2) is 12.7 Å². The third kappa shape index (κ3) is 3.09. The van der Waals surface area contributed by atoms with Gasteiger partial charge in [0.1, 0.15) is 4.66 Å². The van der Waals surface area contributed by atoms with E-state index in [9.17, 15) is 8.42 Å². The van der Waals surface area contributed by atoms with E-state index in [1.165, 1.54) is 4.31 Å². The summed E-state index contributed by atoms with van der Waals surface area (Å²) in [6.45, 7) is 3.85. The largest absolute Gasteiger partial charge is 0.224 e. The zero-order valence-electron chi connectivity index (χ0n) is 7.04. The van der Waals surface area contributed by atoms with E-state index >= 15 is 0 Å². The minimum atomic E-state index is -3.06. The van der Waals surface area contributed by atoms with E-state index in [2.05, 4.69) is 15.9 Å². The van der Waals surface area contributed by atoms with E-state index in [-0.39, 0.29) is 10.7 Å². The summed E-state index contributed by atoms with van der Waals surface area (Å²) in [5.74, 6) is 0. The molecular weight excluding hydrogens is 230 g/mol. The van der Waals surface area contributed by atoms with Crippen LogP contribution in [0, 0.1) is 0 Å². The maximum Gasteiger partial charge on any atom is 0.224 e. The van der Waals surface area contributed by atoms with Crippen molar-refractivity contribution in [3.63, 3.8) is 0 Å². The predicted molar refractivity (Wildman–Crippen MR) is 50.2 cm³/mol. The Morgan fingerprint density at radius 1 is 1.55 bits per heavy atom. The molecule has 1 unspecified atom stereocenters. The molecule has 0 aromatic rings. The van der Waals surface area contributed by atoms with Gasteiger partial charge in [0, 0.05) is 13.1 Å². The molecular formula is C6H14BrNO2S. The second-order valence-corrected chi connectivity index (χ2v) is 5.83. The van der Waals surface area contributed by atoms with Gasteiger partial charge in [-0.1, -0.05) is 22.9 Å². The Morgan fingerprint density at radius 3 is 2.27 bits per heavy atom. The van der Waals surface area contributed by atoms with Crippen LogP contribution in [0.5, 0.6) is 0 Å². The van der Waals surface area contributed by atoms with Crippen LogP contribution in [0.3, 0.4) is 0 Å². The highest BCUT2D eigenvalue weighted by atomic mass is 79.9. The van der Waals surface area contributed by atoms with Crippen molar-refractivity contribution < 1.29 is 8.42 Å². The number of nitrogens with zero attached hydrogens (tertiary/aromatic N) is 1. The first-order chi connectivity index (χ1) is 4.95. The molecule has 0 N–H and O–H groups in total. The van der Waals surface area contributed by atoms with E-state index in [1.54, 1.807) is 7.05 Å². The summed E-state index contributed by atoms with van der Waals surface area (Å²) >= 11 is 2.94. The summed E-state index contributed by atoms with van der Waals surface area (Å²) in [7, 11) is -1.46. The van der Waals surface area contributed by atoms with Crippen LogP contribution in [0.4, 0.5) is 0 Å². The second kappa shape index (κ2) is 4.42. The highest BCUT2D eigenvalue weighted by molar-refractivity contribution is 9.10. The SMILES string of the molecule is CCC(C)N(C)S(=O)(=O)CBr. The van der Waals surface area contributed by atoms with Crippen molar-refractivity contribution in [1.82, 2.24) is 4.31 Å². The highest BCUT2D eigenvalue weighted by Gasteiger charge is 2.19. The van der Waals surface area contributed by atoms with Crippen molar-refractivity contribution in [2.24, 2.45) is 0 Å². The lowest BCUT2D eigenvalue weighted by molar-refractivity contribution is 0.383. The van der Waals surface area contributed by atoms with Crippen molar-refractivity contribution in [1.29, 1.82) is 0 Å². The third-order valence-corrected chi connectivity index (χ3v) is 5.04. The Labute approximate surface area is 77.0 Å². The maximum atomic E-state index is 11.2. The van der Waals surface area contributed by atoms with Crippen LogP contribution in [0.2, 0.25) is 0 Å². The number of rotatable bonds is 4. The van der Waals surface area contributed by atoms with Gasteiger partial charge >= 0.3 is 0 Å². The van der Waals surface area contributed by atoms with E-state index in [4.69, 9.17) is 0 Å². The van der Waals surface area contributed by atoms with Gasteiger partial charge < -0.3 is 0 Å². The molecule has 0 aromatic carbocycles. The summed E-state index contributed by atoms with van der Waals surface area (Å²) in [5.41, 5.74) is 0. The predicted octanol–water partition coefficient (Wildman–Crippen LogP) is 1.40. The molecule has 0 aliphatic rings. The Morgan fingerprint density at radius 2 is 2.00 bits per heavy atom. The van der Waals surface area contributed by atoms with Crippen LogP contribution in [0.25, 0.3) is 0 Å². The molecule has 0 aliphatic carbocycles. The lowest BCUT2D eigenvalue weighted by atomic mass is 10.3. The summed E-state index contributed by atoms with van der Waals surface area (Å²) in [6, 6.07) is 0.0811. The molecule has 1 atom stereocenters. The first-order valence-electron chi connectivity index (χ1n) is 3.47. The summed E-state index contributed by atoms with van der Waals surface area (Å²) in [5, 5.41) is 0. The van der Waals surface area contributed by atoms with Gasteiger partial charge in [0.15, 0.2) is 0 Å². The molecule has 3 nitrogen and oxygen atoms in total. The fraction of sp³-hybridized carbons (Fsp3) is 1.00. The van der Waals surface area contributed by atoms with Gasteiger partial charge in [-0.15, -0.1) is 0 Å². The van der Waals surface area contributed by atoms with E-state index < -0.39 is 10.0 Å². The molecule has 0 saturated heterocycles. The molecule has 11 heavy (non-hydrogen) atoms. The van der Waals surface area contributed by atoms with Gasteiger partial charge in [-0.05, 0) is 13.3 Å². The molecule has 0 rings (SSSR count). The number of sulfonamides is 1. The van der Waals surface area contributed by atoms with Crippen molar-refractivity contribution in [2.75, 3.05) is 11.7 Å². The lowest BCUT2D eigenvalue weighted by Gasteiger charge is -2.21. The summed E-state index contributed by atoms with van der Waals surface area (Å²) in [6.07, 6.45) is 0.836. The van der Waals surface area contributed by atoms with Crippen molar-refractivity contribution in [3.05, 3.63) is 0 Å². The smallest absolute Gasteiger partial charge is 0.211 e. The van der Waals surface area contributed by atoms with Crippen molar-refractivity contribution >= 4 is 26.0 Å². The lowest BCUT2D eigenvalue weighted by Crippen LogP contribution is -2.35. The fourth-order valence-corrected chi connectivity index (χ4v) is 2.43. The first-order valence-corrected chi connectivity index (χ1v) is 6.20. The number of hydrogen-bond acceptors (Lipinski definition) is 2. The first kappa shape index (κ1) is 11.4. The van der Waals surface area contributed by atoms with Crippen LogP contribution < -0.4 is 0 Å². The maximum absolute atomic E-state index is 11.2. The highest BCUT2D eigenvalue weighted by Crippen LogP contribution is 2.08. The average Bonchev–Trinajstić information content (AvgIpc) is 2.01. The molecule has 0 aromatic heterocycles. The number of hydrogen-bond donors (Lipinski definition) is 0. The van der Waals surface area contributed by atoms with E-state index in [1.807, 2.05) is 13.8 Å². The van der Waals surface area contributed by atoms with Crippen LogP contribution in [-0.4, -0.2) is 30.5 Å². The normalized spacial score (nSPS) is 15.4. The molecule has 68 valence electrons. The van der Waals surface area contributed by atoms with Crippen LogP contribution >= 0.6 is 15.9 Å². The molecule has 5 heteroatoms. The molecule has 0 bridgehead atoms. The standard InChI is InChI=1S/C6H14BrNO2S/c1-4-6(2)8(3)11(9,10)5-7/h6H,4-5H2,1-3H3. The minimum Gasteiger partial charge on any atom is -0.211 e. The van der Waals surface area contributed by atoms with Gasteiger partial charge in [0.25, 0.3) is 0 Å². The minimum absolute atomic E-state index is 0.000833. The average molecular weight is 244 g/mol. The Hall–Kier alpha value is 0.390. The summed E-state index contributed by atoms with van der Waals surface area (Å²) in [4.78, 5) is 0.